The van der Waals surface area contributed by atoms with Crippen molar-refractivity contribution < 1.29 is 19.4 Å². The molecule has 0 aliphatic heterocycles. The van der Waals surface area contributed by atoms with Gasteiger partial charge in [0.1, 0.15) is 0 Å². The zero-order valence-electron chi connectivity index (χ0n) is 13.2. The second-order valence-corrected chi connectivity index (χ2v) is 8.79. The van der Waals surface area contributed by atoms with E-state index in [1.807, 2.05) is 0 Å². The van der Waals surface area contributed by atoms with Crippen LogP contribution in [0.15, 0.2) is 42.0 Å². The first-order chi connectivity index (χ1) is 9.38. The molecular weight excluding hydrogens is 278 g/mol. The molecule has 0 spiro atoms. The Kier molecular flexibility index (Phi) is 5.06. The average Bonchev–Trinajstić information content (AvgIpc) is 2.81. The molecule has 0 heterocycles. The molecule has 1 unspecified atom stereocenters. The molecule has 2 rings (SSSR count). The Balaban J connectivity index is 2.22. The maximum atomic E-state index is 3.74. The van der Waals surface area contributed by atoms with Crippen LogP contribution in [0.1, 0.15) is 56.4 Å². The van der Waals surface area contributed by atoms with Crippen molar-refractivity contribution in [2.75, 3.05) is 0 Å². The van der Waals surface area contributed by atoms with Crippen molar-refractivity contribution in [2.24, 2.45) is 0 Å². The maximum absolute atomic E-state index is 3.74. The molecule has 1 aromatic rings. The standard InChI is InChI=1S/C14H15.C4H10N.Ti/c1-3-12-8-4-5-9-14(12)13-10-6-7-11(13)2;1-4(2,3)5;/h3-9H,10H2,1-2H3;5H,1-3H3;/q;-1;+1. The van der Waals surface area contributed by atoms with Crippen LogP contribution < -0.4 is 3.80 Å². The molecule has 0 radical (unpaired) electrons. The van der Waals surface area contributed by atoms with Gasteiger partial charge in [-0.3, -0.25) is 0 Å². The van der Waals surface area contributed by atoms with Crippen LogP contribution in [0.2, 0.25) is 0 Å². The fourth-order valence-electron chi connectivity index (χ4n) is 2.49. The number of hydrogen-bond acceptors (Lipinski definition) is 1. The molecule has 1 aromatic carbocycles. The molecule has 0 saturated carbocycles. The Hall–Kier alpha value is -0.626. The first kappa shape index (κ1) is 15.8. The monoisotopic (exact) mass is 303 g/mol. The molecule has 0 bridgehead atoms. The van der Waals surface area contributed by atoms with Crippen LogP contribution in [-0.4, -0.2) is 5.54 Å². The molecule has 1 atom stereocenters. The van der Waals surface area contributed by atoms with Gasteiger partial charge >= 0.3 is 133 Å². The Morgan fingerprint density at radius 1 is 1.20 bits per heavy atom. The molecule has 106 valence electrons. The van der Waals surface area contributed by atoms with E-state index >= 15 is 0 Å². The quantitative estimate of drug-likeness (QED) is 0.783. The third-order valence-corrected chi connectivity index (χ3v) is 6.14. The van der Waals surface area contributed by atoms with Crippen LogP contribution in [0.5, 0.6) is 0 Å². The number of nitrogens with one attached hydrogen (secondary N) is 1. The normalized spacial score (nSPS) is 16.6. The topological polar surface area (TPSA) is 12.0 Å². The predicted molar refractivity (Wildman–Crippen MR) is 84.1 cm³/mol. The summed E-state index contributed by atoms with van der Waals surface area (Å²) in [7, 11) is 0. The van der Waals surface area contributed by atoms with Gasteiger partial charge in [-0.15, -0.1) is 0 Å². The third kappa shape index (κ3) is 3.94. The van der Waals surface area contributed by atoms with Crippen molar-refractivity contribution in [2.45, 2.75) is 50.8 Å². The van der Waals surface area contributed by atoms with Gasteiger partial charge in [-0.25, -0.2) is 0 Å². The summed E-state index contributed by atoms with van der Waals surface area (Å²) in [4.78, 5) is 0. The van der Waals surface area contributed by atoms with Gasteiger partial charge in [0, 0.05) is 0 Å². The second-order valence-electron chi connectivity index (χ2n) is 6.60. The van der Waals surface area contributed by atoms with Gasteiger partial charge in [-0.2, -0.15) is 0 Å². The molecule has 1 N–H and O–H groups in total. The van der Waals surface area contributed by atoms with Crippen molar-refractivity contribution in [3.8, 4) is 0 Å². The first-order valence-corrected chi connectivity index (χ1v) is 9.05. The van der Waals surface area contributed by atoms with Crippen molar-refractivity contribution in [3.05, 3.63) is 53.1 Å². The van der Waals surface area contributed by atoms with Crippen LogP contribution in [-0.2, 0) is 19.4 Å². The van der Waals surface area contributed by atoms with Gasteiger partial charge < -0.3 is 0 Å². The first-order valence-electron chi connectivity index (χ1n) is 7.37. The van der Waals surface area contributed by atoms with E-state index in [1.165, 1.54) is 22.3 Å². The van der Waals surface area contributed by atoms with Crippen molar-refractivity contribution in [1.29, 1.82) is 0 Å². The van der Waals surface area contributed by atoms with Crippen LogP contribution in [0.25, 0.3) is 5.57 Å². The van der Waals surface area contributed by atoms with E-state index in [4.69, 9.17) is 0 Å². The van der Waals surface area contributed by atoms with Gasteiger partial charge in [0.05, 0.1) is 0 Å². The van der Waals surface area contributed by atoms with E-state index < -0.39 is 0 Å². The fourth-order valence-corrected chi connectivity index (χ4v) is 4.14. The number of benzene rings is 1. The van der Waals surface area contributed by atoms with E-state index in [0.29, 0.717) is 4.22 Å². The van der Waals surface area contributed by atoms with Gasteiger partial charge in [-0.05, 0) is 0 Å². The van der Waals surface area contributed by atoms with E-state index in [-0.39, 0.29) is 24.9 Å². The Labute approximate surface area is 132 Å². The average molecular weight is 303 g/mol. The minimum atomic E-state index is -0.191. The Bertz CT molecular complexity index is 535. The third-order valence-electron chi connectivity index (χ3n) is 3.58. The van der Waals surface area contributed by atoms with Crippen LogP contribution in [0.3, 0.4) is 0 Å². The molecule has 2 heteroatoms. The predicted octanol–water partition coefficient (Wildman–Crippen LogP) is 4.87. The molecule has 1 aliphatic rings. The Morgan fingerprint density at radius 3 is 2.50 bits per heavy atom. The SMILES string of the molecule is CC1=C(c2ccccc2[CH](C)[Ti][NH]C(C)(C)C)CC=C1. The zero-order valence-corrected chi connectivity index (χ0v) is 14.8. The summed E-state index contributed by atoms with van der Waals surface area (Å²) < 4.78 is 4.39. The molecule has 0 aromatic heterocycles. The van der Waals surface area contributed by atoms with E-state index in [1.54, 1.807) is 0 Å². The van der Waals surface area contributed by atoms with E-state index in [2.05, 4.69) is 74.8 Å². The van der Waals surface area contributed by atoms with E-state index in [0.717, 1.165) is 6.42 Å². The number of hydrogen-bond donors (Lipinski definition) is 1. The fraction of sp³-hybridized carbons (Fsp3) is 0.444. The van der Waals surface area contributed by atoms with Crippen LogP contribution in [0, 0.1) is 0 Å². The van der Waals surface area contributed by atoms with Crippen molar-refractivity contribution >= 4 is 5.57 Å². The number of rotatable bonds is 4. The molecule has 1 aliphatic carbocycles. The summed E-state index contributed by atoms with van der Waals surface area (Å²) in [6.07, 6.45) is 5.61. The van der Waals surface area contributed by atoms with Gasteiger partial charge in [0.2, 0.25) is 0 Å². The molecular formula is C18H25NTi. The van der Waals surface area contributed by atoms with Crippen LogP contribution >= 0.6 is 0 Å². The van der Waals surface area contributed by atoms with Crippen molar-refractivity contribution in [1.82, 2.24) is 3.80 Å². The summed E-state index contributed by atoms with van der Waals surface area (Å²) in [6, 6.07) is 8.95. The zero-order chi connectivity index (χ0) is 14.8. The molecule has 1 nitrogen and oxygen atoms in total. The second kappa shape index (κ2) is 6.43. The summed E-state index contributed by atoms with van der Waals surface area (Å²) in [5, 5.41) is 0. The summed E-state index contributed by atoms with van der Waals surface area (Å²) in [5.41, 5.74) is 6.14. The van der Waals surface area contributed by atoms with Gasteiger partial charge in [0.15, 0.2) is 0 Å². The number of allylic oxidation sites excluding steroid dienone is 4. The summed E-state index contributed by atoms with van der Waals surface area (Å²) in [6.45, 7) is 11.4. The minimum absolute atomic E-state index is 0.191. The van der Waals surface area contributed by atoms with Gasteiger partial charge in [-0.1, -0.05) is 0 Å². The van der Waals surface area contributed by atoms with Crippen LogP contribution in [0.4, 0.5) is 0 Å². The molecule has 20 heavy (non-hydrogen) atoms. The molecule has 0 saturated heterocycles. The molecule has 0 amide bonds. The van der Waals surface area contributed by atoms with Crippen molar-refractivity contribution in [3.63, 3.8) is 0 Å². The summed E-state index contributed by atoms with van der Waals surface area (Å²) in [5.74, 6) is 0. The summed E-state index contributed by atoms with van der Waals surface area (Å²) >= 11 is -0.191. The molecule has 0 fully saturated rings. The Morgan fingerprint density at radius 2 is 1.90 bits per heavy atom. The van der Waals surface area contributed by atoms with Gasteiger partial charge in [0.25, 0.3) is 0 Å². The van der Waals surface area contributed by atoms with E-state index in [9.17, 15) is 0 Å².